The molecule has 25 heavy (non-hydrogen) atoms. The molecule has 2 aliphatic rings. The Labute approximate surface area is 151 Å². The number of nitrogens with one attached hydrogen (secondary N) is 1. The third-order valence-electron chi connectivity index (χ3n) is 5.03. The number of benzene rings is 1. The Bertz CT molecular complexity index is 896. The molecule has 1 saturated heterocycles. The summed E-state index contributed by atoms with van der Waals surface area (Å²) in [7, 11) is 0. The van der Waals surface area contributed by atoms with Crippen LogP contribution in [-0.4, -0.2) is 25.3 Å². The number of anilines is 1. The fourth-order valence-electron chi connectivity index (χ4n) is 3.53. The summed E-state index contributed by atoms with van der Waals surface area (Å²) in [6.45, 7) is 0.758. The molecule has 0 unspecified atom stereocenters. The van der Waals surface area contributed by atoms with E-state index in [1.165, 1.54) is 42.6 Å². The maximum Gasteiger partial charge on any atom is 0.203 e. The summed E-state index contributed by atoms with van der Waals surface area (Å²) in [6, 6.07) is 8.88. The van der Waals surface area contributed by atoms with Gasteiger partial charge in [0.15, 0.2) is 11.6 Å². The normalized spacial score (nSPS) is 20.2. The van der Waals surface area contributed by atoms with E-state index in [0.29, 0.717) is 5.25 Å². The average molecular weight is 351 g/mol. The van der Waals surface area contributed by atoms with Gasteiger partial charge in [0.1, 0.15) is 0 Å². The predicted octanol–water partition coefficient (Wildman–Crippen LogP) is 4.18. The minimum absolute atomic E-state index is 0.459. The molecule has 1 N–H and O–H groups in total. The maximum atomic E-state index is 4.49. The van der Waals surface area contributed by atoms with Crippen molar-refractivity contribution in [3.8, 4) is 0 Å². The van der Waals surface area contributed by atoms with Crippen LogP contribution in [0.4, 0.5) is 5.82 Å². The fourth-order valence-corrected chi connectivity index (χ4v) is 4.79. The van der Waals surface area contributed by atoms with E-state index in [1.54, 1.807) is 0 Å². The van der Waals surface area contributed by atoms with Crippen molar-refractivity contribution in [2.24, 2.45) is 0 Å². The quantitative estimate of drug-likeness (QED) is 0.747. The van der Waals surface area contributed by atoms with E-state index in [9.17, 15) is 0 Å². The van der Waals surface area contributed by atoms with Crippen LogP contribution in [0.1, 0.15) is 53.8 Å². The zero-order valence-corrected chi connectivity index (χ0v) is 14.9. The first kappa shape index (κ1) is 15.2. The summed E-state index contributed by atoms with van der Waals surface area (Å²) in [6.07, 6.45) is 8.92. The minimum Gasteiger partial charge on any atom is -0.363 e. The third kappa shape index (κ3) is 2.99. The molecule has 0 spiro atoms. The lowest BCUT2D eigenvalue weighted by molar-refractivity contribution is 0.765. The highest BCUT2D eigenvalue weighted by atomic mass is 32.2. The Morgan fingerprint density at radius 3 is 3.00 bits per heavy atom. The molecule has 1 aliphatic heterocycles. The van der Waals surface area contributed by atoms with E-state index in [-0.39, 0.29) is 0 Å². The number of hydrogen-bond donors (Lipinski definition) is 1. The summed E-state index contributed by atoms with van der Waals surface area (Å²) >= 11 is 1.98. The molecule has 0 amide bonds. The SMILES string of the molecule is c1cc(CNc2nccn3c([C@@H]4CCCS4)nnc23)cc(C2CC2)c1. The van der Waals surface area contributed by atoms with Gasteiger partial charge in [-0.2, -0.15) is 11.8 Å². The zero-order chi connectivity index (χ0) is 16.6. The first-order valence-electron chi connectivity index (χ1n) is 9.02. The minimum atomic E-state index is 0.459. The van der Waals surface area contributed by atoms with Crippen LogP contribution in [0.3, 0.4) is 0 Å². The summed E-state index contributed by atoms with van der Waals surface area (Å²) in [5.74, 6) is 3.86. The second-order valence-electron chi connectivity index (χ2n) is 6.90. The van der Waals surface area contributed by atoms with Gasteiger partial charge in [0.2, 0.25) is 5.65 Å². The van der Waals surface area contributed by atoms with Crippen molar-refractivity contribution >= 4 is 23.2 Å². The van der Waals surface area contributed by atoms with Gasteiger partial charge in [-0.15, -0.1) is 10.2 Å². The van der Waals surface area contributed by atoms with E-state index in [4.69, 9.17) is 0 Å². The highest BCUT2D eigenvalue weighted by Crippen LogP contribution is 2.40. The van der Waals surface area contributed by atoms with Crippen LogP contribution in [-0.2, 0) is 6.54 Å². The molecule has 3 heterocycles. The third-order valence-corrected chi connectivity index (χ3v) is 6.40. The van der Waals surface area contributed by atoms with Crippen molar-refractivity contribution in [2.75, 3.05) is 11.1 Å². The van der Waals surface area contributed by atoms with Gasteiger partial charge in [-0.05, 0) is 48.5 Å². The van der Waals surface area contributed by atoms with Crippen LogP contribution in [0, 0.1) is 0 Å². The lowest BCUT2D eigenvalue weighted by Crippen LogP contribution is -2.05. The topological polar surface area (TPSA) is 55.1 Å². The standard InChI is InChI=1S/C19H21N5S/c1-3-13(11-15(4-1)14-6-7-14)12-21-17-19-23-22-18(16-5-2-10-25-16)24(19)9-8-20-17/h1,3-4,8-9,11,14,16H,2,5-7,10,12H2,(H,20,21)/t16-/m0/s1. The number of nitrogens with zero attached hydrogens (tertiary/aromatic N) is 4. The van der Waals surface area contributed by atoms with Crippen molar-refractivity contribution in [3.05, 3.63) is 53.6 Å². The van der Waals surface area contributed by atoms with Gasteiger partial charge >= 0.3 is 0 Å². The van der Waals surface area contributed by atoms with Crippen molar-refractivity contribution in [2.45, 2.75) is 43.4 Å². The van der Waals surface area contributed by atoms with Crippen LogP contribution in [0.5, 0.6) is 0 Å². The van der Waals surface area contributed by atoms with Gasteiger partial charge in [-0.3, -0.25) is 4.40 Å². The lowest BCUT2D eigenvalue weighted by atomic mass is 10.1. The number of hydrogen-bond acceptors (Lipinski definition) is 5. The van der Waals surface area contributed by atoms with E-state index < -0.39 is 0 Å². The Morgan fingerprint density at radius 1 is 1.20 bits per heavy atom. The molecule has 0 radical (unpaired) electrons. The molecule has 2 fully saturated rings. The van der Waals surface area contributed by atoms with Crippen LogP contribution in [0.15, 0.2) is 36.7 Å². The molecular formula is C19H21N5S. The van der Waals surface area contributed by atoms with Crippen LogP contribution >= 0.6 is 11.8 Å². The Balaban J connectivity index is 1.38. The molecular weight excluding hydrogens is 330 g/mol. The number of rotatable bonds is 5. The highest BCUT2D eigenvalue weighted by Gasteiger charge is 2.24. The molecule has 5 nitrogen and oxygen atoms in total. The second-order valence-corrected chi connectivity index (χ2v) is 8.21. The Hall–Kier alpha value is -2.08. The second kappa shape index (κ2) is 6.33. The van der Waals surface area contributed by atoms with Gasteiger partial charge in [0.05, 0.1) is 5.25 Å². The van der Waals surface area contributed by atoms with Crippen LogP contribution < -0.4 is 5.32 Å². The number of thioether (sulfide) groups is 1. The molecule has 0 bridgehead atoms. The molecule has 1 aliphatic carbocycles. The monoisotopic (exact) mass is 351 g/mol. The van der Waals surface area contributed by atoms with Gasteiger partial charge in [-0.25, -0.2) is 4.98 Å². The molecule has 1 aromatic carbocycles. The maximum absolute atomic E-state index is 4.49. The van der Waals surface area contributed by atoms with Gasteiger partial charge < -0.3 is 5.32 Å². The van der Waals surface area contributed by atoms with Gasteiger partial charge in [0, 0.05) is 18.9 Å². The van der Waals surface area contributed by atoms with E-state index in [2.05, 4.69) is 49.2 Å². The Kier molecular flexibility index (Phi) is 3.85. The average Bonchev–Trinajstić information content (AvgIpc) is 3.18. The molecule has 1 saturated carbocycles. The van der Waals surface area contributed by atoms with Crippen LogP contribution in [0.2, 0.25) is 0 Å². The number of fused-ring (bicyclic) bond motifs is 1. The molecule has 128 valence electrons. The van der Waals surface area contributed by atoms with Gasteiger partial charge in [0.25, 0.3) is 0 Å². The predicted molar refractivity (Wildman–Crippen MR) is 101 cm³/mol. The largest absolute Gasteiger partial charge is 0.363 e. The summed E-state index contributed by atoms with van der Waals surface area (Å²) in [5, 5.41) is 12.8. The van der Waals surface area contributed by atoms with E-state index in [0.717, 1.165) is 29.8 Å². The van der Waals surface area contributed by atoms with Crippen molar-refractivity contribution in [3.63, 3.8) is 0 Å². The smallest absolute Gasteiger partial charge is 0.203 e. The first-order valence-corrected chi connectivity index (χ1v) is 10.1. The van der Waals surface area contributed by atoms with E-state index >= 15 is 0 Å². The van der Waals surface area contributed by atoms with Gasteiger partial charge in [-0.1, -0.05) is 24.3 Å². The molecule has 1 atom stereocenters. The lowest BCUT2D eigenvalue weighted by Gasteiger charge is -2.09. The molecule has 5 rings (SSSR count). The van der Waals surface area contributed by atoms with Crippen LogP contribution in [0.25, 0.3) is 5.65 Å². The van der Waals surface area contributed by atoms with E-state index in [1.807, 2.05) is 24.2 Å². The fraction of sp³-hybridized carbons (Fsp3) is 0.421. The first-order chi connectivity index (χ1) is 12.4. The van der Waals surface area contributed by atoms with Crippen molar-refractivity contribution in [1.82, 2.24) is 19.6 Å². The molecule has 3 aromatic rings. The number of aromatic nitrogens is 4. The zero-order valence-electron chi connectivity index (χ0n) is 14.1. The summed E-state index contributed by atoms with van der Waals surface area (Å²) < 4.78 is 2.10. The Morgan fingerprint density at radius 2 is 2.16 bits per heavy atom. The van der Waals surface area contributed by atoms with Crippen molar-refractivity contribution in [1.29, 1.82) is 0 Å². The summed E-state index contributed by atoms with van der Waals surface area (Å²) in [5.41, 5.74) is 3.58. The molecule has 6 heteroatoms. The summed E-state index contributed by atoms with van der Waals surface area (Å²) in [4.78, 5) is 4.49. The highest BCUT2D eigenvalue weighted by molar-refractivity contribution is 7.99. The van der Waals surface area contributed by atoms with Crippen molar-refractivity contribution < 1.29 is 0 Å². The molecule has 2 aromatic heterocycles.